The van der Waals surface area contributed by atoms with E-state index in [1.165, 1.54) is 59.0 Å². The van der Waals surface area contributed by atoms with E-state index in [4.69, 9.17) is 10.6 Å². The molecule has 0 radical (unpaired) electrons. The molecule has 1 saturated heterocycles. The molecule has 2 amide bonds. The van der Waals surface area contributed by atoms with E-state index in [1.807, 2.05) is 29.9 Å². The SMILES string of the molecule is C[n+]1cccc2sc(SCC3=C(C(=O)O)N4C(=O)C(NC(=O)/C(=N\OC(C)(C)C(=O)O)c5csc(N)n5)[C@@H]4SC3)nc21. The lowest BCUT2D eigenvalue weighted by molar-refractivity contribution is -0.646. The molecule has 0 saturated carbocycles. The quantitative estimate of drug-likeness (QED) is 0.0806. The number of thiazole rings is 2. The van der Waals surface area contributed by atoms with Gasteiger partial charge in [0, 0.05) is 16.9 Å². The summed E-state index contributed by atoms with van der Waals surface area (Å²) in [6.07, 6.45) is 1.90. The molecular weight excluding hydrogens is 627 g/mol. The molecule has 5 rings (SSSR count). The van der Waals surface area contributed by atoms with Crippen molar-refractivity contribution in [3.05, 3.63) is 40.7 Å². The van der Waals surface area contributed by atoms with Crippen LogP contribution in [-0.2, 0) is 31.1 Å². The van der Waals surface area contributed by atoms with E-state index in [1.54, 1.807) is 0 Å². The number of nitrogens with zero attached hydrogens (tertiary/aromatic N) is 5. The maximum atomic E-state index is 13.2. The van der Waals surface area contributed by atoms with Crippen LogP contribution in [0.3, 0.4) is 0 Å². The maximum absolute atomic E-state index is 13.2. The van der Waals surface area contributed by atoms with E-state index in [0.717, 1.165) is 26.0 Å². The van der Waals surface area contributed by atoms with Gasteiger partial charge >= 0.3 is 17.6 Å². The number of hydrogen-bond acceptors (Lipinski definition) is 13. The third-order valence-electron chi connectivity index (χ3n) is 6.27. The normalized spacial score (nSPS) is 19.0. The number of oxime groups is 1. The van der Waals surface area contributed by atoms with Crippen molar-refractivity contribution >= 4 is 91.1 Å². The van der Waals surface area contributed by atoms with Crippen LogP contribution in [0.4, 0.5) is 5.13 Å². The Balaban J connectivity index is 1.32. The fourth-order valence-corrected chi connectivity index (χ4v) is 8.15. The lowest BCUT2D eigenvalue weighted by atomic mass is 10.0. The second-order valence-corrected chi connectivity index (χ2v) is 13.9. The summed E-state index contributed by atoms with van der Waals surface area (Å²) in [5, 5.41) is 26.6. The summed E-state index contributed by atoms with van der Waals surface area (Å²) in [7, 11) is 1.90. The van der Waals surface area contributed by atoms with Crippen LogP contribution in [0, 0.1) is 0 Å². The van der Waals surface area contributed by atoms with Crippen LogP contribution in [0.2, 0.25) is 0 Å². The zero-order valence-electron chi connectivity index (χ0n) is 22.3. The fraction of sp³-hybridized carbons (Fsp3) is 0.333. The number of nitrogens with two attached hydrogens (primary N) is 1. The average Bonchev–Trinajstić information content (AvgIpc) is 3.56. The molecule has 0 aromatic carbocycles. The van der Waals surface area contributed by atoms with E-state index in [0.29, 0.717) is 17.1 Å². The number of carbonyl (C=O) groups is 4. The van der Waals surface area contributed by atoms with Crippen molar-refractivity contribution < 1.29 is 38.8 Å². The number of carboxylic acids is 2. The van der Waals surface area contributed by atoms with Gasteiger partial charge in [-0.1, -0.05) is 28.3 Å². The molecule has 18 heteroatoms. The third kappa shape index (κ3) is 5.66. The largest absolute Gasteiger partial charge is 0.478 e. The van der Waals surface area contributed by atoms with Crippen LogP contribution < -0.4 is 15.6 Å². The predicted octanol–water partition coefficient (Wildman–Crippen LogP) is 1.27. The Hall–Kier alpha value is -3.74. The van der Waals surface area contributed by atoms with Gasteiger partial charge in [0.1, 0.15) is 27.5 Å². The maximum Gasteiger partial charge on any atom is 0.352 e. The molecule has 2 aliphatic heterocycles. The first-order chi connectivity index (χ1) is 19.9. The summed E-state index contributed by atoms with van der Waals surface area (Å²) in [5.41, 5.74) is 4.88. The standard InChI is InChI=1S/C24H23N7O7S4/c1-24(2,21(36)37)38-29-13(11-9-40-22(25)26-11)17(32)27-14-18(33)31-15(20(34)35)10(7-39-19(14)31)8-41-23-28-16-12(42-23)5-4-6-30(16)3/h4-6,9,14,19H,7-8H2,1-3H3,(H4-,25,26,27,32,34,35,36,37)/p+1/b29-13-/t14?,19-/m0/s1. The molecule has 1 unspecified atom stereocenters. The highest BCUT2D eigenvalue weighted by atomic mass is 32.2. The number of aromatic nitrogens is 3. The van der Waals surface area contributed by atoms with Crippen molar-refractivity contribution in [1.82, 2.24) is 20.2 Å². The van der Waals surface area contributed by atoms with Crippen LogP contribution >= 0.6 is 46.2 Å². The summed E-state index contributed by atoms with van der Waals surface area (Å²) in [6.45, 7) is 2.50. The molecule has 42 heavy (non-hydrogen) atoms. The third-order valence-corrected chi connectivity index (χ3v) is 10.5. The highest BCUT2D eigenvalue weighted by Gasteiger charge is 2.54. The van der Waals surface area contributed by atoms with Crippen LogP contribution in [0.25, 0.3) is 10.3 Å². The predicted molar refractivity (Wildman–Crippen MR) is 157 cm³/mol. The topological polar surface area (TPSA) is 201 Å². The van der Waals surface area contributed by atoms with Gasteiger partial charge in [0.2, 0.25) is 5.60 Å². The number of aryl methyl sites for hydroxylation is 1. The number of nitrogen functional groups attached to an aromatic ring is 1. The van der Waals surface area contributed by atoms with Crippen molar-refractivity contribution in [2.75, 3.05) is 17.2 Å². The summed E-state index contributed by atoms with van der Waals surface area (Å²) < 4.78 is 3.69. The molecule has 1 fully saturated rings. The minimum atomic E-state index is -1.76. The van der Waals surface area contributed by atoms with Gasteiger partial charge in [0.25, 0.3) is 16.2 Å². The van der Waals surface area contributed by atoms with Gasteiger partial charge < -0.3 is 26.1 Å². The molecule has 14 nitrogen and oxygen atoms in total. The number of carbonyl (C=O) groups excluding carboxylic acids is 2. The van der Waals surface area contributed by atoms with Crippen molar-refractivity contribution in [2.24, 2.45) is 12.2 Å². The molecule has 0 spiro atoms. The molecular formula is C24H24N7O7S4+. The fourth-order valence-electron chi connectivity index (χ4n) is 4.01. The number of fused-ring (bicyclic) bond motifs is 2. The number of carboxylic acid groups (broad SMARTS) is 2. The number of anilines is 1. The minimum Gasteiger partial charge on any atom is -0.478 e. The molecule has 5 N–H and O–H groups in total. The number of aliphatic carboxylic acids is 2. The first-order valence-corrected chi connectivity index (χ1v) is 15.9. The highest BCUT2D eigenvalue weighted by molar-refractivity contribution is 8.02. The van der Waals surface area contributed by atoms with E-state index in [2.05, 4.69) is 20.4 Å². The molecule has 0 bridgehead atoms. The van der Waals surface area contributed by atoms with Crippen molar-refractivity contribution in [1.29, 1.82) is 0 Å². The molecule has 2 aliphatic rings. The van der Waals surface area contributed by atoms with E-state index in [9.17, 15) is 29.4 Å². The molecule has 220 valence electrons. The second kappa shape index (κ2) is 11.5. The number of pyridine rings is 1. The lowest BCUT2D eigenvalue weighted by Gasteiger charge is -2.49. The minimum absolute atomic E-state index is 0.0324. The second-order valence-electron chi connectivity index (χ2n) is 9.61. The molecule has 0 aliphatic carbocycles. The Kier molecular flexibility index (Phi) is 8.15. The van der Waals surface area contributed by atoms with Crippen molar-refractivity contribution in [2.45, 2.75) is 35.2 Å². The zero-order valence-corrected chi connectivity index (χ0v) is 25.5. The number of amides is 2. The number of β-lactam (4-membered cyclic amide) rings is 1. The van der Waals surface area contributed by atoms with Gasteiger partial charge in [0.15, 0.2) is 10.8 Å². The number of hydrogen-bond donors (Lipinski definition) is 4. The summed E-state index contributed by atoms with van der Waals surface area (Å²) in [5.74, 6) is -3.36. The Morgan fingerprint density at radius 2 is 2.10 bits per heavy atom. The van der Waals surface area contributed by atoms with Gasteiger partial charge in [-0.3, -0.25) is 14.5 Å². The van der Waals surface area contributed by atoms with Crippen molar-refractivity contribution in [3.8, 4) is 0 Å². The number of rotatable bonds is 10. The Labute approximate surface area is 254 Å². The van der Waals surface area contributed by atoms with Crippen LogP contribution in [0.15, 0.2) is 44.5 Å². The van der Waals surface area contributed by atoms with Gasteiger partial charge in [-0.05, 0) is 36.5 Å². The highest BCUT2D eigenvalue weighted by Crippen LogP contribution is 2.42. The molecule has 3 aromatic heterocycles. The smallest absolute Gasteiger partial charge is 0.352 e. The van der Waals surface area contributed by atoms with Gasteiger partial charge in [0.05, 0.1) is 13.2 Å². The molecule has 2 atom stereocenters. The zero-order chi connectivity index (χ0) is 30.3. The Bertz CT molecular complexity index is 1680. The first-order valence-electron chi connectivity index (χ1n) is 12.2. The Morgan fingerprint density at radius 1 is 1.33 bits per heavy atom. The van der Waals surface area contributed by atoms with E-state index in [-0.39, 0.29) is 22.2 Å². The van der Waals surface area contributed by atoms with Gasteiger partial charge in [-0.2, -0.15) is 0 Å². The monoisotopic (exact) mass is 650 g/mol. The van der Waals surface area contributed by atoms with Gasteiger partial charge in [-0.25, -0.2) is 19.1 Å². The van der Waals surface area contributed by atoms with E-state index < -0.39 is 40.8 Å². The van der Waals surface area contributed by atoms with E-state index >= 15 is 0 Å². The Morgan fingerprint density at radius 3 is 2.74 bits per heavy atom. The molecule has 3 aromatic rings. The molecule has 5 heterocycles. The first kappa shape index (κ1) is 29.7. The van der Waals surface area contributed by atoms with Gasteiger partial charge in [-0.15, -0.1) is 23.1 Å². The lowest BCUT2D eigenvalue weighted by Crippen LogP contribution is -2.71. The average molecular weight is 651 g/mol. The number of nitrogens with one attached hydrogen (secondary N) is 1. The van der Waals surface area contributed by atoms with Crippen molar-refractivity contribution in [3.63, 3.8) is 0 Å². The summed E-state index contributed by atoms with van der Waals surface area (Å²) in [4.78, 5) is 65.1. The van der Waals surface area contributed by atoms with Crippen LogP contribution in [0.1, 0.15) is 19.5 Å². The number of thioether (sulfide) groups is 2. The summed E-state index contributed by atoms with van der Waals surface area (Å²) in [6, 6.07) is 2.84. The van der Waals surface area contributed by atoms with Crippen LogP contribution in [-0.4, -0.2) is 83.1 Å². The van der Waals surface area contributed by atoms with Crippen LogP contribution in [0.5, 0.6) is 0 Å². The summed E-state index contributed by atoms with van der Waals surface area (Å²) >= 11 is 5.26.